The molecule has 1 N–H and O–H groups in total. The third-order valence-electron chi connectivity index (χ3n) is 3.05. The molecule has 1 saturated carbocycles. The smallest absolute Gasteiger partial charge is 0.135 e. The van der Waals surface area contributed by atoms with E-state index in [2.05, 4.69) is 15.3 Å². The molecule has 1 aliphatic carbocycles. The van der Waals surface area contributed by atoms with Gasteiger partial charge in [-0.3, -0.25) is 0 Å². The molecule has 1 heterocycles. The molecule has 0 radical (unpaired) electrons. The Balaban J connectivity index is 1.83. The molecule has 0 amide bonds. The fraction of sp³-hybridized carbons (Fsp3) is 0.286. The number of hydrogen-bond donors (Lipinski definition) is 1. The number of anilines is 2. The lowest BCUT2D eigenvalue weighted by atomic mass is 10.3. The van der Waals surface area contributed by atoms with Gasteiger partial charge in [0.1, 0.15) is 16.8 Å². The van der Waals surface area contributed by atoms with E-state index >= 15 is 0 Å². The van der Waals surface area contributed by atoms with Crippen LogP contribution in [0.25, 0.3) is 0 Å². The highest BCUT2D eigenvalue weighted by Crippen LogP contribution is 2.32. The predicted molar refractivity (Wildman–Crippen MR) is 78.2 cm³/mol. The molecular formula is C14H13Cl2N3. The van der Waals surface area contributed by atoms with E-state index in [1.807, 2.05) is 24.3 Å². The summed E-state index contributed by atoms with van der Waals surface area (Å²) in [5.74, 6) is 2.21. The zero-order valence-electron chi connectivity index (χ0n) is 10.2. The molecule has 0 atom stereocenters. The van der Waals surface area contributed by atoms with Crippen LogP contribution in [0.4, 0.5) is 11.5 Å². The Morgan fingerprint density at radius 1 is 1.16 bits per heavy atom. The second kappa shape index (κ2) is 5.35. The van der Waals surface area contributed by atoms with Gasteiger partial charge in [0.15, 0.2) is 0 Å². The lowest BCUT2D eigenvalue weighted by molar-refractivity contribution is 0.771. The SMILES string of the molecule is Clc1cc(Nc2ccccc2Cl)nc(CC2CC2)n1. The Morgan fingerprint density at radius 2 is 1.95 bits per heavy atom. The average molecular weight is 294 g/mol. The first-order valence-electron chi connectivity index (χ1n) is 6.26. The predicted octanol–water partition coefficient (Wildman–Crippen LogP) is 4.48. The summed E-state index contributed by atoms with van der Waals surface area (Å²) < 4.78 is 0. The Hall–Kier alpha value is -1.32. The van der Waals surface area contributed by atoms with Gasteiger partial charge in [-0.2, -0.15) is 0 Å². The molecule has 0 bridgehead atoms. The Kier molecular flexibility index (Phi) is 3.58. The summed E-state index contributed by atoms with van der Waals surface area (Å²) in [6.07, 6.45) is 3.43. The van der Waals surface area contributed by atoms with Crippen LogP contribution in [0.2, 0.25) is 10.2 Å². The molecule has 1 fully saturated rings. The Bertz CT molecular complexity index is 597. The third-order valence-corrected chi connectivity index (χ3v) is 3.57. The maximum Gasteiger partial charge on any atom is 0.135 e. The highest BCUT2D eigenvalue weighted by molar-refractivity contribution is 6.33. The van der Waals surface area contributed by atoms with Crippen LogP contribution in [0.5, 0.6) is 0 Å². The van der Waals surface area contributed by atoms with Crippen LogP contribution in [-0.2, 0) is 6.42 Å². The van der Waals surface area contributed by atoms with Gasteiger partial charge in [-0.1, -0.05) is 35.3 Å². The molecule has 2 aromatic rings. The summed E-state index contributed by atoms with van der Waals surface area (Å²) >= 11 is 12.1. The van der Waals surface area contributed by atoms with Gasteiger partial charge >= 0.3 is 0 Å². The van der Waals surface area contributed by atoms with E-state index in [9.17, 15) is 0 Å². The second-order valence-corrected chi connectivity index (χ2v) is 5.54. The molecule has 0 aliphatic heterocycles. The number of benzene rings is 1. The average Bonchev–Trinajstić information content (AvgIpc) is 3.15. The minimum absolute atomic E-state index is 0.459. The molecule has 19 heavy (non-hydrogen) atoms. The van der Waals surface area contributed by atoms with Gasteiger partial charge in [-0.25, -0.2) is 9.97 Å². The van der Waals surface area contributed by atoms with Crippen molar-refractivity contribution in [2.45, 2.75) is 19.3 Å². The summed E-state index contributed by atoms with van der Waals surface area (Å²) in [4.78, 5) is 8.74. The minimum atomic E-state index is 0.459. The monoisotopic (exact) mass is 293 g/mol. The maximum absolute atomic E-state index is 6.11. The summed E-state index contributed by atoms with van der Waals surface area (Å²) in [5, 5.41) is 4.29. The highest BCUT2D eigenvalue weighted by Gasteiger charge is 2.23. The fourth-order valence-electron chi connectivity index (χ4n) is 1.90. The normalized spacial score (nSPS) is 14.4. The van der Waals surface area contributed by atoms with Crippen molar-refractivity contribution in [3.05, 3.63) is 46.3 Å². The number of rotatable bonds is 4. The van der Waals surface area contributed by atoms with Crippen molar-refractivity contribution in [3.63, 3.8) is 0 Å². The fourth-order valence-corrected chi connectivity index (χ4v) is 2.28. The van der Waals surface area contributed by atoms with Crippen molar-refractivity contribution in [1.29, 1.82) is 0 Å². The van der Waals surface area contributed by atoms with Crippen molar-refractivity contribution in [3.8, 4) is 0 Å². The van der Waals surface area contributed by atoms with Gasteiger partial charge in [-0.15, -0.1) is 0 Å². The van der Waals surface area contributed by atoms with Crippen molar-refractivity contribution in [2.75, 3.05) is 5.32 Å². The van der Waals surface area contributed by atoms with E-state index in [0.717, 1.165) is 23.9 Å². The maximum atomic E-state index is 6.11. The lowest BCUT2D eigenvalue weighted by Crippen LogP contribution is -2.01. The molecule has 98 valence electrons. The van der Waals surface area contributed by atoms with Crippen LogP contribution in [0.3, 0.4) is 0 Å². The summed E-state index contributed by atoms with van der Waals surface area (Å²) in [7, 11) is 0. The number of para-hydroxylation sites is 1. The number of nitrogens with zero attached hydrogens (tertiary/aromatic N) is 2. The first kappa shape index (κ1) is 12.7. The molecule has 1 aromatic carbocycles. The zero-order chi connectivity index (χ0) is 13.2. The quantitative estimate of drug-likeness (QED) is 0.845. The lowest BCUT2D eigenvalue weighted by Gasteiger charge is -2.09. The van der Waals surface area contributed by atoms with Crippen LogP contribution < -0.4 is 5.32 Å². The van der Waals surface area contributed by atoms with Crippen LogP contribution >= 0.6 is 23.2 Å². The van der Waals surface area contributed by atoms with E-state index in [-0.39, 0.29) is 0 Å². The molecule has 3 nitrogen and oxygen atoms in total. The Morgan fingerprint density at radius 3 is 2.68 bits per heavy atom. The zero-order valence-corrected chi connectivity index (χ0v) is 11.7. The molecule has 1 aromatic heterocycles. The van der Waals surface area contributed by atoms with Crippen LogP contribution in [0.1, 0.15) is 18.7 Å². The van der Waals surface area contributed by atoms with Crippen molar-refractivity contribution in [2.24, 2.45) is 5.92 Å². The summed E-state index contributed by atoms with van der Waals surface area (Å²) in [6.45, 7) is 0. The van der Waals surface area contributed by atoms with Crippen LogP contribution in [0, 0.1) is 5.92 Å². The van der Waals surface area contributed by atoms with E-state index in [4.69, 9.17) is 23.2 Å². The number of hydrogen-bond acceptors (Lipinski definition) is 3. The van der Waals surface area contributed by atoms with E-state index in [1.165, 1.54) is 12.8 Å². The van der Waals surface area contributed by atoms with Crippen LogP contribution in [-0.4, -0.2) is 9.97 Å². The standard InChI is InChI=1S/C14H13Cl2N3/c15-10-3-1-2-4-11(10)17-14-8-12(16)18-13(19-14)7-9-5-6-9/h1-4,8-9H,5-7H2,(H,17,18,19). The molecule has 0 spiro atoms. The molecular weight excluding hydrogens is 281 g/mol. The molecule has 5 heteroatoms. The van der Waals surface area contributed by atoms with Gasteiger partial charge in [0.25, 0.3) is 0 Å². The first-order chi connectivity index (χ1) is 9.20. The van der Waals surface area contributed by atoms with E-state index < -0.39 is 0 Å². The number of aromatic nitrogens is 2. The first-order valence-corrected chi connectivity index (χ1v) is 7.01. The van der Waals surface area contributed by atoms with Crippen molar-refractivity contribution < 1.29 is 0 Å². The third kappa shape index (κ3) is 3.37. The van der Waals surface area contributed by atoms with Crippen molar-refractivity contribution in [1.82, 2.24) is 9.97 Å². The Labute approximate surface area is 122 Å². The van der Waals surface area contributed by atoms with Gasteiger partial charge in [0.2, 0.25) is 0 Å². The second-order valence-electron chi connectivity index (χ2n) is 4.74. The van der Waals surface area contributed by atoms with Crippen molar-refractivity contribution >= 4 is 34.7 Å². The molecule has 0 saturated heterocycles. The summed E-state index contributed by atoms with van der Waals surface area (Å²) in [5.41, 5.74) is 0.816. The van der Waals surface area contributed by atoms with Gasteiger partial charge in [-0.05, 0) is 30.9 Å². The molecule has 1 aliphatic rings. The van der Waals surface area contributed by atoms with Gasteiger partial charge in [0, 0.05) is 12.5 Å². The van der Waals surface area contributed by atoms with Gasteiger partial charge < -0.3 is 5.32 Å². The highest BCUT2D eigenvalue weighted by atomic mass is 35.5. The van der Waals surface area contributed by atoms with Crippen LogP contribution in [0.15, 0.2) is 30.3 Å². The number of halogens is 2. The van der Waals surface area contributed by atoms with E-state index in [1.54, 1.807) is 6.07 Å². The largest absolute Gasteiger partial charge is 0.339 e. The van der Waals surface area contributed by atoms with Gasteiger partial charge in [0.05, 0.1) is 10.7 Å². The van der Waals surface area contributed by atoms with E-state index in [0.29, 0.717) is 16.0 Å². The topological polar surface area (TPSA) is 37.8 Å². The number of nitrogens with one attached hydrogen (secondary N) is 1. The molecule has 0 unspecified atom stereocenters. The minimum Gasteiger partial charge on any atom is -0.339 e. The molecule has 3 rings (SSSR count). The summed E-state index contributed by atoms with van der Waals surface area (Å²) in [6, 6.07) is 9.25.